The summed E-state index contributed by atoms with van der Waals surface area (Å²) in [5, 5.41) is 9.72. The summed E-state index contributed by atoms with van der Waals surface area (Å²) in [7, 11) is 0. The molecule has 8 heteroatoms. The Morgan fingerprint density at radius 3 is 2.95 bits per heavy atom. The van der Waals surface area contributed by atoms with Crippen LogP contribution in [0.15, 0.2) is 16.1 Å². The minimum Gasteiger partial charge on any atom is -0.480 e. The van der Waals surface area contributed by atoms with Gasteiger partial charge in [-0.15, -0.1) is 0 Å². The van der Waals surface area contributed by atoms with Gasteiger partial charge in [-0.2, -0.15) is 0 Å². The first-order valence-corrected chi connectivity index (χ1v) is 7.34. The predicted octanol–water partition coefficient (Wildman–Crippen LogP) is 0.0382. The second kappa shape index (κ2) is 4.93. The summed E-state index contributed by atoms with van der Waals surface area (Å²) in [6, 6.07) is -0.838. The van der Waals surface area contributed by atoms with Gasteiger partial charge in [0.1, 0.15) is 11.6 Å². The van der Waals surface area contributed by atoms with Crippen LogP contribution in [0.2, 0.25) is 0 Å². The minimum atomic E-state index is -1.03. The maximum absolute atomic E-state index is 12.4. The largest absolute Gasteiger partial charge is 0.480 e. The molecule has 3 rings (SSSR count). The number of amides is 1. The highest BCUT2D eigenvalue weighted by atomic mass is 32.2. The molecule has 0 aromatic carbocycles. The second-order valence-corrected chi connectivity index (χ2v) is 5.82. The molecular weight excluding hydrogens is 282 g/mol. The third-order valence-electron chi connectivity index (χ3n) is 3.59. The number of aromatic nitrogens is 2. The van der Waals surface area contributed by atoms with E-state index in [2.05, 4.69) is 4.98 Å². The smallest absolute Gasteiger partial charge is 0.326 e. The lowest BCUT2D eigenvalue weighted by molar-refractivity contribution is -0.141. The van der Waals surface area contributed by atoms with Crippen molar-refractivity contribution in [2.75, 3.05) is 12.3 Å². The fraction of sp³-hybridized carbons (Fsp3) is 0.500. The number of thioether (sulfide) groups is 1. The molecule has 0 aliphatic carbocycles. The minimum absolute atomic E-state index is 0.0376. The SMILES string of the molecule is O=C(O)C1CCCN1C(=O)c1cnc2n(c1=O)CCS2. The fourth-order valence-electron chi connectivity index (χ4n) is 2.59. The van der Waals surface area contributed by atoms with E-state index in [0.717, 1.165) is 5.75 Å². The number of carbonyl (C=O) groups is 2. The average molecular weight is 295 g/mol. The van der Waals surface area contributed by atoms with E-state index in [9.17, 15) is 14.4 Å². The first-order chi connectivity index (χ1) is 9.59. The maximum Gasteiger partial charge on any atom is 0.326 e. The van der Waals surface area contributed by atoms with Gasteiger partial charge in [0, 0.05) is 25.0 Å². The van der Waals surface area contributed by atoms with Crippen LogP contribution in [0.25, 0.3) is 0 Å². The predicted molar refractivity (Wildman–Crippen MR) is 70.9 cm³/mol. The van der Waals surface area contributed by atoms with E-state index in [1.54, 1.807) is 0 Å². The van der Waals surface area contributed by atoms with Crippen molar-refractivity contribution < 1.29 is 14.7 Å². The van der Waals surface area contributed by atoms with Gasteiger partial charge in [-0.3, -0.25) is 14.2 Å². The Morgan fingerprint density at radius 1 is 1.40 bits per heavy atom. The van der Waals surface area contributed by atoms with Gasteiger partial charge in [0.25, 0.3) is 11.5 Å². The summed E-state index contributed by atoms with van der Waals surface area (Å²) in [6.45, 7) is 0.904. The molecule has 1 saturated heterocycles. The Morgan fingerprint density at radius 2 is 2.20 bits per heavy atom. The molecule has 0 radical (unpaired) electrons. The van der Waals surface area contributed by atoms with E-state index in [-0.39, 0.29) is 11.1 Å². The van der Waals surface area contributed by atoms with Crippen LogP contribution >= 0.6 is 11.8 Å². The second-order valence-electron chi connectivity index (χ2n) is 4.75. The summed E-state index contributed by atoms with van der Waals surface area (Å²) >= 11 is 1.47. The van der Waals surface area contributed by atoms with E-state index in [1.807, 2.05) is 0 Å². The first-order valence-electron chi connectivity index (χ1n) is 6.36. The van der Waals surface area contributed by atoms with E-state index >= 15 is 0 Å². The Bertz CT molecular complexity index is 642. The number of hydrogen-bond donors (Lipinski definition) is 1. The molecule has 106 valence electrons. The van der Waals surface area contributed by atoms with Gasteiger partial charge < -0.3 is 10.0 Å². The topological polar surface area (TPSA) is 92.5 Å². The van der Waals surface area contributed by atoms with E-state index in [1.165, 1.54) is 27.4 Å². The Labute approximate surface area is 118 Å². The van der Waals surface area contributed by atoms with Gasteiger partial charge in [-0.05, 0) is 12.8 Å². The standard InChI is InChI=1S/C12H13N3O4S/c16-9(14-3-1-2-8(14)11(18)19)7-6-13-12-15(10(7)17)4-5-20-12/h6,8H,1-5H2,(H,18,19). The third-order valence-corrected chi connectivity index (χ3v) is 4.56. The van der Waals surface area contributed by atoms with Gasteiger partial charge in [-0.25, -0.2) is 9.78 Å². The number of carboxylic acids is 1. The lowest BCUT2D eigenvalue weighted by Crippen LogP contribution is -2.43. The zero-order valence-electron chi connectivity index (χ0n) is 10.6. The highest BCUT2D eigenvalue weighted by Crippen LogP contribution is 2.22. The quantitative estimate of drug-likeness (QED) is 0.774. The van der Waals surface area contributed by atoms with Crippen LogP contribution in [0.5, 0.6) is 0 Å². The Hall–Kier alpha value is -1.83. The monoisotopic (exact) mass is 295 g/mol. The molecule has 3 heterocycles. The molecule has 0 spiro atoms. The highest BCUT2D eigenvalue weighted by Gasteiger charge is 2.36. The third kappa shape index (κ3) is 2.00. The molecule has 2 aliphatic heterocycles. The van der Waals surface area contributed by atoms with Gasteiger partial charge >= 0.3 is 5.97 Å². The summed E-state index contributed by atoms with van der Waals surface area (Å²) in [4.78, 5) is 41.1. The van der Waals surface area contributed by atoms with E-state index < -0.39 is 17.9 Å². The maximum atomic E-state index is 12.4. The molecule has 20 heavy (non-hydrogen) atoms. The average Bonchev–Trinajstić information content (AvgIpc) is 3.07. The van der Waals surface area contributed by atoms with Gasteiger partial charge in [0.05, 0.1) is 0 Å². The molecule has 7 nitrogen and oxygen atoms in total. The number of rotatable bonds is 2. The van der Waals surface area contributed by atoms with Crippen molar-refractivity contribution in [2.45, 2.75) is 30.6 Å². The summed E-state index contributed by atoms with van der Waals surface area (Å²) < 4.78 is 1.48. The number of fused-ring (bicyclic) bond motifs is 1. The molecule has 2 aliphatic rings. The molecule has 0 saturated carbocycles. The molecular formula is C12H13N3O4S. The molecule has 1 atom stereocenters. The van der Waals surface area contributed by atoms with Crippen molar-refractivity contribution in [1.82, 2.24) is 14.5 Å². The lowest BCUT2D eigenvalue weighted by Gasteiger charge is -2.21. The first kappa shape index (κ1) is 13.2. The molecule has 1 aromatic rings. The molecule has 0 bridgehead atoms. The molecule has 1 unspecified atom stereocenters. The number of carboxylic acid groups (broad SMARTS) is 1. The van der Waals surface area contributed by atoms with E-state index in [0.29, 0.717) is 31.1 Å². The Balaban J connectivity index is 1.96. The van der Waals surface area contributed by atoms with Crippen LogP contribution in [0.3, 0.4) is 0 Å². The zero-order chi connectivity index (χ0) is 14.3. The molecule has 1 N–H and O–H groups in total. The summed E-state index contributed by atoms with van der Waals surface area (Å²) in [5.74, 6) is -0.790. The van der Waals surface area contributed by atoms with Crippen molar-refractivity contribution in [3.05, 3.63) is 22.1 Å². The van der Waals surface area contributed by atoms with Crippen molar-refractivity contribution >= 4 is 23.6 Å². The number of hydrogen-bond acceptors (Lipinski definition) is 5. The van der Waals surface area contributed by atoms with E-state index in [4.69, 9.17) is 5.11 Å². The van der Waals surface area contributed by atoms with Crippen molar-refractivity contribution in [2.24, 2.45) is 0 Å². The fourth-order valence-corrected chi connectivity index (χ4v) is 3.50. The number of aliphatic carboxylic acids is 1. The van der Waals surface area contributed by atoms with Crippen LogP contribution in [0.4, 0.5) is 0 Å². The number of nitrogens with zero attached hydrogens (tertiary/aromatic N) is 3. The van der Waals surface area contributed by atoms with Crippen molar-refractivity contribution in [1.29, 1.82) is 0 Å². The Kier molecular flexibility index (Phi) is 3.25. The lowest BCUT2D eigenvalue weighted by atomic mass is 10.2. The molecule has 1 fully saturated rings. The highest BCUT2D eigenvalue weighted by molar-refractivity contribution is 7.99. The van der Waals surface area contributed by atoms with Crippen LogP contribution in [0.1, 0.15) is 23.2 Å². The van der Waals surface area contributed by atoms with Crippen LogP contribution in [0, 0.1) is 0 Å². The van der Waals surface area contributed by atoms with Gasteiger partial charge in [-0.1, -0.05) is 11.8 Å². The molecule has 1 aromatic heterocycles. The zero-order valence-corrected chi connectivity index (χ0v) is 11.4. The van der Waals surface area contributed by atoms with Gasteiger partial charge in [0.15, 0.2) is 5.16 Å². The van der Waals surface area contributed by atoms with Crippen LogP contribution in [-0.2, 0) is 11.3 Å². The van der Waals surface area contributed by atoms with Crippen molar-refractivity contribution in [3.8, 4) is 0 Å². The number of carbonyl (C=O) groups excluding carboxylic acids is 1. The summed E-state index contributed by atoms with van der Waals surface area (Å²) in [6.07, 6.45) is 2.33. The van der Waals surface area contributed by atoms with Crippen LogP contribution < -0.4 is 5.56 Å². The van der Waals surface area contributed by atoms with Crippen LogP contribution in [-0.4, -0.2) is 49.8 Å². The number of likely N-dealkylation sites (tertiary alicyclic amines) is 1. The summed E-state index contributed by atoms with van der Waals surface area (Å²) in [5.41, 5.74) is -0.412. The van der Waals surface area contributed by atoms with Crippen molar-refractivity contribution in [3.63, 3.8) is 0 Å². The molecule has 1 amide bonds. The normalized spacial score (nSPS) is 21.0. The van der Waals surface area contributed by atoms with Gasteiger partial charge in [0.2, 0.25) is 0 Å².